The summed E-state index contributed by atoms with van der Waals surface area (Å²) in [5, 5.41) is 15.1. The Kier molecular flexibility index (Phi) is 3.52. The minimum atomic E-state index is -0.450. The van der Waals surface area contributed by atoms with Crippen LogP contribution in [0.5, 0.6) is 0 Å². The van der Waals surface area contributed by atoms with E-state index in [-0.39, 0.29) is 18.0 Å². The summed E-state index contributed by atoms with van der Waals surface area (Å²) in [5.41, 5.74) is 3.95. The smallest absolute Gasteiger partial charge is 0.292 e. The lowest BCUT2D eigenvalue weighted by Gasteiger charge is -2.06. The number of Topliss-reactive ketones (excluding diaryl/α,β-unsaturated/α-hetero) is 1. The number of rotatable bonds is 4. The molecule has 0 radical (unpaired) electrons. The van der Waals surface area contributed by atoms with Crippen LogP contribution in [0, 0.1) is 24.0 Å². The number of ketones is 1. The van der Waals surface area contributed by atoms with E-state index >= 15 is 0 Å². The van der Waals surface area contributed by atoms with Gasteiger partial charge in [0.2, 0.25) is 0 Å². The van der Waals surface area contributed by atoms with Crippen LogP contribution in [-0.2, 0) is 19.4 Å². The minimum Gasteiger partial charge on any atom is -0.292 e. The summed E-state index contributed by atoms with van der Waals surface area (Å²) in [4.78, 5) is 23.0. The minimum absolute atomic E-state index is 0.0123. The number of benzene rings is 1. The summed E-state index contributed by atoms with van der Waals surface area (Å²) in [6.07, 6.45) is 3.23. The van der Waals surface area contributed by atoms with Crippen LogP contribution in [0.1, 0.15) is 39.3 Å². The molecule has 0 aliphatic heterocycles. The molecular formula is C16H17N3O3. The third-order valence-corrected chi connectivity index (χ3v) is 4.24. The zero-order valence-corrected chi connectivity index (χ0v) is 12.6. The van der Waals surface area contributed by atoms with Gasteiger partial charge in [0.1, 0.15) is 17.9 Å². The van der Waals surface area contributed by atoms with Crippen molar-refractivity contribution in [2.45, 2.75) is 39.7 Å². The Morgan fingerprint density at radius 1 is 1.32 bits per heavy atom. The maximum atomic E-state index is 12.4. The van der Waals surface area contributed by atoms with Crippen molar-refractivity contribution in [1.82, 2.24) is 9.78 Å². The van der Waals surface area contributed by atoms with Gasteiger partial charge in [-0.25, -0.2) is 0 Å². The number of hydrogen-bond acceptors (Lipinski definition) is 4. The van der Waals surface area contributed by atoms with Gasteiger partial charge in [-0.15, -0.1) is 0 Å². The molecule has 114 valence electrons. The highest BCUT2D eigenvalue weighted by Gasteiger charge is 2.23. The van der Waals surface area contributed by atoms with E-state index < -0.39 is 4.92 Å². The van der Waals surface area contributed by atoms with Gasteiger partial charge >= 0.3 is 5.69 Å². The first-order valence-corrected chi connectivity index (χ1v) is 7.31. The van der Waals surface area contributed by atoms with Crippen molar-refractivity contribution in [2.24, 2.45) is 0 Å². The van der Waals surface area contributed by atoms with E-state index in [0.717, 1.165) is 19.3 Å². The molecule has 0 amide bonds. The molecule has 3 rings (SSSR count). The molecule has 0 atom stereocenters. The number of fused-ring (bicyclic) bond motifs is 1. The van der Waals surface area contributed by atoms with Gasteiger partial charge in [-0.3, -0.25) is 19.6 Å². The van der Waals surface area contributed by atoms with Gasteiger partial charge in [0, 0.05) is 5.56 Å². The van der Waals surface area contributed by atoms with Gasteiger partial charge < -0.3 is 0 Å². The Morgan fingerprint density at radius 2 is 2.05 bits per heavy atom. The Hall–Kier alpha value is -2.50. The maximum Gasteiger partial charge on any atom is 0.312 e. The fourth-order valence-corrected chi connectivity index (χ4v) is 3.08. The summed E-state index contributed by atoms with van der Waals surface area (Å²) in [6, 6.07) is 5.80. The van der Waals surface area contributed by atoms with Gasteiger partial charge in [0.15, 0.2) is 5.78 Å². The van der Waals surface area contributed by atoms with Crippen LogP contribution in [0.15, 0.2) is 18.2 Å². The summed E-state index contributed by atoms with van der Waals surface area (Å²) in [5.74, 6) is -0.0739. The predicted octanol–water partition coefficient (Wildman–Crippen LogP) is 2.78. The number of aromatic nitrogens is 2. The molecule has 0 saturated heterocycles. The SMILES string of the molecule is Cc1nn(CC(=O)c2ccc3c(c2)CCC3)c(C)c1[N+](=O)[O-]. The molecule has 1 heterocycles. The van der Waals surface area contributed by atoms with Gasteiger partial charge in [-0.05, 0) is 50.3 Å². The zero-order chi connectivity index (χ0) is 15.9. The molecule has 22 heavy (non-hydrogen) atoms. The molecule has 6 nitrogen and oxygen atoms in total. The van der Waals surface area contributed by atoms with Crippen LogP contribution < -0.4 is 0 Å². The largest absolute Gasteiger partial charge is 0.312 e. The lowest BCUT2D eigenvalue weighted by atomic mass is 10.0. The van der Waals surface area contributed by atoms with E-state index in [4.69, 9.17) is 0 Å². The van der Waals surface area contributed by atoms with Crippen LogP contribution in [0.4, 0.5) is 5.69 Å². The fraction of sp³-hybridized carbons (Fsp3) is 0.375. The molecule has 0 fully saturated rings. The quantitative estimate of drug-likeness (QED) is 0.494. The van der Waals surface area contributed by atoms with Crippen molar-refractivity contribution in [2.75, 3.05) is 0 Å². The molecule has 0 saturated carbocycles. The molecule has 0 N–H and O–H groups in total. The third kappa shape index (κ3) is 2.41. The average Bonchev–Trinajstić information content (AvgIpc) is 3.02. The van der Waals surface area contributed by atoms with Crippen LogP contribution in [0.3, 0.4) is 0 Å². The lowest BCUT2D eigenvalue weighted by molar-refractivity contribution is -0.386. The van der Waals surface area contributed by atoms with E-state index in [0.29, 0.717) is 17.0 Å². The second-order valence-corrected chi connectivity index (χ2v) is 5.69. The van der Waals surface area contributed by atoms with E-state index in [2.05, 4.69) is 5.10 Å². The Bertz CT molecular complexity index is 777. The molecule has 6 heteroatoms. The standard InChI is InChI=1S/C16H17N3O3/c1-10-16(19(21)22)11(2)18(17-10)9-15(20)14-7-6-12-4-3-5-13(12)8-14/h6-8H,3-5,9H2,1-2H3. The summed E-state index contributed by atoms with van der Waals surface area (Å²) in [6.45, 7) is 3.23. The number of nitro groups is 1. The number of hydrogen-bond donors (Lipinski definition) is 0. The van der Waals surface area contributed by atoms with E-state index in [1.807, 2.05) is 18.2 Å². The third-order valence-electron chi connectivity index (χ3n) is 4.24. The normalized spacial score (nSPS) is 13.2. The molecule has 1 aromatic heterocycles. The number of nitrogens with zero attached hydrogens (tertiary/aromatic N) is 3. The van der Waals surface area contributed by atoms with Gasteiger partial charge in [0.05, 0.1) is 4.92 Å². The number of aryl methyl sites for hydroxylation is 3. The summed E-state index contributed by atoms with van der Waals surface area (Å²) < 4.78 is 1.42. The van der Waals surface area contributed by atoms with Gasteiger partial charge in [-0.2, -0.15) is 5.10 Å². The average molecular weight is 299 g/mol. The van der Waals surface area contributed by atoms with Crippen LogP contribution in [0.25, 0.3) is 0 Å². The molecule has 0 unspecified atom stereocenters. The van der Waals surface area contributed by atoms with Gasteiger partial charge in [0.25, 0.3) is 0 Å². The first-order chi connectivity index (χ1) is 10.5. The van der Waals surface area contributed by atoms with Crippen LogP contribution in [0.2, 0.25) is 0 Å². The summed E-state index contributed by atoms with van der Waals surface area (Å²) in [7, 11) is 0. The van der Waals surface area contributed by atoms with Crippen molar-refractivity contribution in [3.05, 3.63) is 56.4 Å². The molecule has 1 aliphatic carbocycles. The van der Waals surface area contributed by atoms with Gasteiger partial charge in [-0.1, -0.05) is 12.1 Å². The molecule has 1 aromatic carbocycles. The monoisotopic (exact) mass is 299 g/mol. The molecule has 0 bridgehead atoms. The van der Waals surface area contributed by atoms with Crippen molar-refractivity contribution in [3.8, 4) is 0 Å². The Labute approximate surface area is 127 Å². The molecule has 1 aliphatic rings. The van der Waals surface area contributed by atoms with E-state index in [9.17, 15) is 14.9 Å². The van der Waals surface area contributed by atoms with Crippen LogP contribution in [-0.4, -0.2) is 20.5 Å². The number of carbonyl (C=O) groups is 1. The fourth-order valence-electron chi connectivity index (χ4n) is 3.08. The number of carbonyl (C=O) groups excluding carboxylic acids is 1. The lowest BCUT2D eigenvalue weighted by Crippen LogP contribution is -2.13. The Morgan fingerprint density at radius 3 is 2.73 bits per heavy atom. The van der Waals surface area contributed by atoms with Crippen LogP contribution >= 0.6 is 0 Å². The maximum absolute atomic E-state index is 12.4. The molecule has 0 spiro atoms. The Balaban J connectivity index is 1.86. The molecule has 2 aromatic rings. The second kappa shape index (κ2) is 5.36. The van der Waals surface area contributed by atoms with E-state index in [1.54, 1.807) is 13.8 Å². The predicted molar refractivity (Wildman–Crippen MR) is 81.2 cm³/mol. The van der Waals surface area contributed by atoms with Crippen molar-refractivity contribution in [3.63, 3.8) is 0 Å². The topological polar surface area (TPSA) is 78.0 Å². The molecular weight excluding hydrogens is 282 g/mol. The van der Waals surface area contributed by atoms with E-state index in [1.165, 1.54) is 15.8 Å². The van der Waals surface area contributed by atoms with Crippen molar-refractivity contribution < 1.29 is 9.72 Å². The highest BCUT2D eigenvalue weighted by Crippen LogP contribution is 2.24. The first kappa shape index (κ1) is 14.4. The second-order valence-electron chi connectivity index (χ2n) is 5.69. The first-order valence-electron chi connectivity index (χ1n) is 7.31. The highest BCUT2D eigenvalue weighted by molar-refractivity contribution is 5.96. The van der Waals surface area contributed by atoms with Crippen molar-refractivity contribution in [1.29, 1.82) is 0 Å². The summed E-state index contributed by atoms with van der Waals surface area (Å²) >= 11 is 0. The highest BCUT2D eigenvalue weighted by atomic mass is 16.6. The zero-order valence-electron chi connectivity index (χ0n) is 12.6. The van der Waals surface area contributed by atoms with Crippen molar-refractivity contribution >= 4 is 11.5 Å².